The fourth-order valence-electron chi connectivity index (χ4n) is 1.12. The number of aryl methyl sites for hydroxylation is 2. The van der Waals surface area contributed by atoms with E-state index in [1.54, 1.807) is 6.07 Å². The van der Waals surface area contributed by atoms with Crippen molar-refractivity contribution in [1.29, 1.82) is 0 Å². The summed E-state index contributed by atoms with van der Waals surface area (Å²) >= 11 is 0. The fourth-order valence-corrected chi connectivity index (χ4v) is 1.12. The summed E-state index contributed by atoms with van der Waals surface area (Å²) in [6.45, 7) is 3.64. The van der Waals surface area contributed by atoms with Crippen molar-refractivity contribution in [2.24, 2.45) is 5.73 Å². The van der Waals surface area contributed by atoms with E-state index in [1.165, 1.54) is 0 Å². The van der Waals surface area contributed by atoms with Crippen molar-refractivity contribution in [3.05, 3.63) is 23.3 Å². The Morgan fingerprint density at radius 2 is 2.00 bits per heavy atom. The summed E-state index contributed by atoms with van der Waals surface area (Å²) in [6.07, 6.45) is 0. The molecule has 4 heteroatoms. The number of anilines is 1. The highest BCUT2D eigenvalue weighted by Crippen LogP contribution is 2.23. The van der Waals surface area contributed by atoms with Crippen molar-refractivity contribution in [2.75, 3.05) is 12.3 Å². The van der Waals surface area contributed by atoms with Crippen LogP contribution in [0.25, 0.3) is 0 Å². The molecular weight excluding hydrogens is 180 g/mol. The SMILES string of the molecule is Cc1cc(OCC(N)=O)c(C)cc1N. The van der Waals surface area contributed by atoms with E-state index < -0.39 is 5.91 Å². The van der Waals surface area contributed by atoms with Gasteiger partial charge >= 0.3 is 0 Å². The Bertz CT molecular complexity index is 361. The highest BCUT2D eigenvalue weighted by molar-refractivity contribution is 5.75. The lowest BCUT2D eigenvalue weighted by atomic mass is 10.1. The standard InChI is InChI=1S/C10H14N2O2/c1-6-4-9(14-5-10(12)13)7(2)3-8(6)11/h3-4H,5,11H2,1-2H3,(H2,12,13). The van der Waals surface area contributed by atoms with Crippen LogP contribution in [-0.4, -0.2) is 12.5 Å². The van der Waals surface area contributed by atoms with E-state index >= 15 is 0 Å². The Morgan fingerprint density at radius 1 is 1.36 bits per heavy atom. The second-order valence-electron chi connectivity index (χ2n) is 3.23. The highest BCUT2D eigenvalue weighted by atomic mass is 16.5. The molecule has 0 heterocycles. The minimum Gasteiger partial charge on any atom is -0.484 e. The van der Waals surface area contributed by atoms with Crippen LogP contribution in [0, 0.1) is 13.8 Å². The molecule has 76 valence electrons. The molecule has 0 atom stereocenters. The summed E-state index contributed by atoms with van der Waals surface area (Å²) < 4.78 is 5.20. The molecule has 0 spiro atoms. The predicted molar refractivity (Wildman–Crippen MR) is 55.0 cm³/mol. The summed E-state index contributed by atoms with van der Waals surface area (Å²) in [6, 6.07) is 3.61. The minimum absolute atomic E-state index is 0.107. The first-order valence-electron chi connectivity index (χ1n) is 4.28. The number of rotatable bonds is 3. The molecule has 4 N–H and O–H groups in total. The molecule has 0 bridgehead atoms. The molecule has 1 aromatic rings. The molecule has 0 aromatic heterocycles. The van der Waals surface area contributed by atoms with Crippen LogP contribution in [0.5, 0.6) is 5.75 Å². The van der Waals surface area contributed by atoms with Crippen molar-refractivity contribution in [1.82, 2.24) is 0 Å². The van der Waals surface area contributed by atoms with Gasteiger partial charge in [-0.05, 0) is 37.1 Å². The van der Waals surface area contributed by atoms with E-state index in [4.69, 9.17) is 16.2 Å². The Hall–Kier alpha value is -1.71. The molecule has 0 saturated heterocycles. The van der Waals surface area contributed by atoms with E-state index in [2.05, 4.69) is 0 Å². The number of primary amides is 1. The molecule has 0 aliphatic carbocycles. The number of amides is 1. The van der Waals surface area contributed by atoms with E-state index in [1.807, 2.05) is 19.9 Å². The maximum absolute atomic E-state index is 10.5. The first-order chi connectivity index (χ1) is 6.50. The van der Waals surface area contributed by atoms with Crippen LogP contribution in [0.4, 0.5) is 5.69 Å². The molecule has 0 aliphatic rings. The number of nitrogen functional groups attached to an aromatic ring is 1. The van der Waals surface area contributed by atoms with Crippen molar-refractivity contribution >= 4 is 11.6 Å². The van der Waals surface area contributed by atoms with E-state index in [0.29, 0.717) is 11.4 Å². The van der Waals surface area contributed by atoms with Crippen molar-refractivity contribution in [2.45, 2.75) is 13.8 Å². The van der Waals surface area contributed by atoms with Gasteiger partial charge in [0.1, 0.15) is 5.75 Å². The van der Waals surface area contributed by atoms with Crippen molar-refractivity contribution in [3.8, 4) is 5.75 Å². The van der Waals surface area contributed by atoms with Gasteiger partial charge in [0.2, 0.25) is 0 Å². The van der Waals surface area contributed by atoms with Crippen molar-refractivity contribution in [3.63, 3.8) is 0 Å². The van der Waals surface area contributed by atoms with Crippen molar-refractivity contribution < 1.29 is 9.53 Å². The zero-order chi connectivity index (χ0) is 10.7. The van der Waals surface area contributed by atoms with Gasteiger partial charge in [0, 0.05) is 5.69 Å². The van der Waals surface area contributed by atoms with Crippen LogP contribution in [0.2, 0.25) is 0 Å². The van der Waals surface area contributed by atoms with Crippen LogP contribution in [0.3, 0.4) is 0 Å². The molecule has 14 heavy (non-hydrogen) atoms. The van der Waals surface area contributed by atoms with Crippen LogP contribution in [-0.2, 0) is 4.79 Å². The molecule has 0 radical (unpaired) electrons. The third kappa shape index (κ3) is 2.39. The lowest BCUT2D eigenvalue weighted by Gasteiger charge is -2.09. The molecule has 0 aliphatic heterocycles. The smallest absolute Gasteiger partial charge is 0.255 e. The summed E-state index contributed by atoms with van der Waals surface area (Å²) in [5.41, 5.74) is 13.2. The normalized spacial score (nSPS) is 9.86. The maximum atomic E-state index is 10.5. The second kappa shape index (κ2) is 4.00. The Kier molecular flexibility index (Phi) is 2.96. The molecule has 0 saturated carbocycles. The highest BCUT2D eigenvalue weighted by Gasteiger charge is 2.04. The molecule has 0 unspecified atom stereocenters. The van der Waals surface area contributed by atoms with Crippen LogP contribution >= 0.6 is 0 Å². The summed E-state index contributed by atoms with van der Waals surface area (Å²) in [4.78, 5) is 10.5. The topological polar surface area (TPSA) is 78.3 Å². The Labute approximate surface area is 82.8 Å². The first kappa shape index (κ1) is 10.4. The number of benzene rings is 1. The summed E-state index contributed by atoms with van der Waals surface area (Å²) in [7, 11) is 0. The average Bonchev–Trinajstić information content (AvgIpc) is 2.09. The summed E-state index contributed by atoms with van der Waals surface area (Å²) in [5, 5.41) is 0. The number of hydrogen-bond acceptors (Lipinski definition) is 3. The quantitative estimate of drug-likeness (QED) is 0.697. The second-order valence-corrected chi connectivity index (χ2v) is 3.23. The number of hydrogen-bond donors (Lipinski definition) is 2. The number of carbonyl (C=O) groups excluding carboxylic acids is 1. The van der Waals surface area contributed by atoms with Gasteiger partial charge in [-0.2, -0.15) is 0 Å². The van der Waals surface area contributed by atoms with E-state index in [9.17, 15) is 4.79 Å². The molecule has 1 aromatic carbocycles. The van der Waals surface area contributed by atoms with E-state index in [-0.39, 0.29) is 6.61 Å². The van der Waals surface area contributed by atoms with Gasteiger partial charge in [-0.1, -0.05) is 0 Å². The van der Waals surface area contributed by atoms with E-state index in [0.717, 1.165) is 11.1 Å². The zero-order valence-electron chi connectivity index (χ0n) is 8.33. The van der Waals surface area contributed by atoms with Crippen LogP contribution in [0.15, 0.2) is 12.1 Å². The number of nitrogens with two attached hydrogens (primary N) is 2. The Morgan fingerprint density at radius 3 is 2.57 bits per heavy atom. The van der Waals surface area contributed by atoms with Crippen LogP contribution in [0.1, 0.15) is 11.1 Å². The molecular formula is C10H14N2O2. The zero-order valence-corrected chi connectivity index (χ0v) is 8.33. The fraction of sp³-hybridized carbons (Fsp3) is 0.300. The predicted octanol–water partition coefficient (Wildman–Crippen LogP) is 0.750. The van der Waals surface area contributed by atoms with Gasteiger partial charge in [0.15, 0.2) is 6.61 Å². The minimum atomic E-state index is -0.487. The molecule has 1 amide bonds. The van der Waals surface area contributed by atoms with Gasteiger partial charge in [0.25, 0.3) is 5.91 Å². The van der Waals surface area contributed by atoms with Gasteiger partial charge in [-0.3, -0.25) is 4.79 Å². The number of ether oxygens (including phenoxy) is 1. The number of carbonyl (C=O) groups is 1. The Balaban J connectivity index is 2.87. The lowest BCUT2D eigenvalue weighted by molar-refractivity contribution is -0.119. The first-order valence-corrected chi connectivity index (χ1v) is 4.28. The maximum Gasteiger partial charge on any atom is 0.255 e. The molecule has 1 rings (SSSR count). The monoisotopic (exact) mass is 194 g/mol. The van der Waals surface area contributed by atoms with Gasteiger partial charge in [0.05, 0.1) is 0 Å². The van der Waals surface area contributed by atoms with Gasteiger partial charge in [-0.15, -0.1) is 0 Å². The lowest BCUT2D eigenvalue weighted by Crippen LogP contribution is -2.20. The molecule has 0 fully saturated rings. The van der Waals surface area contributed by atoms with Gasteiger partial charge in [-0.25, -0.2) is 0 Å². The van der Waals surface area contributed by atoms with Gasteiger partial charge < -0.3 is 16.2 Å². The third-order valence-electron chi connectivity index (χ3n) is 1.93. The largest absolute Gasteiger partial charge is 0.484 e. The molecule has 4 nitrogen and oxygen atoms in total. The third-order valence-corrected chi connectivity index (χ3v) is 1.93. The van der Waals surface area contributed by atoms with Crippen LogP contribution < -0.4 is 16.2 Å². The average molecular weight is 194 g/mol. The summed E-state index contributed by atoms with van der Waals surface area (Å²) in [5.74, 6) is 0.161.